The molecule has 4 atom stereocenters. The van der Waals surface area contributed by atoms with E-state index in [1.165, 1.54) is 80.4 Å². The van der Waals surface area contributed by atoms with Crippen LogP contribution in [-0.2, 0) is 63.8 Å². The number of nitrogens with one attached hydrogen (secondary N) is 4. The Hall–Kier alpha value is -7.72. The van der Waals surface area contributed by atoms with E-state index in [9.17, 15) is 33.9 Å². The zero-order chi connectivity index (χ0) is 60.8. The summed E-state index contributed by atoms with van der Waals surface area (Å²) in [6, 6.07) is 6.56. The molecular formula is C61H86N12O11. The first-order valence-corrected chi connectivity index (χ1v) is 29.7. The molecule has 4 aromatic rings. The Morgan fingerprint density at radius 2 is 1.04 bits per heavy atom. The van der Waals surface area contributed by atoms with Crippen LogP contribution in [0.5, 0.6) is 0 Å². The quantitative estimate of drug-likeness (QED) is 0.0441. The molecular weight excluding hydrogens is 1080 g/mol. The number of carboxylic acids is 1. The number of aliphatic carboxylic acids is 1. The lowest BCUT2D eigenvalue weighted by Crippen LogP contribution is -2.49. The van der Waals surface area contributed by atoms with Crippen LogP contribution in [0.15, 0.2) is 24.3 Å². The van der Waals surface area contributed by atoms with Crippen molar-refractivity contribution in [2.24, 2.45) is 0 Å². The molecule has 0 radical (unpaired) electrons. The van der Waals surface area contributed by atoms with Crippen LogP contribution in [-0.4, -0.2) is 147 Å². The highest BCUT2D eigenvalue weighted by Gasteiger charge is 2.32. The fourth-order valence-electron chi connectivity index (χ4n) is 10.8. The molecule has 0 bridgehead atoms. The van der Waals surface area contributed by atoms with E-state index in [0.29, 0.717) is 35.1 Å². The lowest BCUT2D eigenvalue weighted by molar-refractivity contribution is -0.157. The van der Waals surface area contributed by atoms with Gasteiger partial charge in [-0.2, -0.15) is 0 Å². The Bertz CT molecular complexity index is 2990. The molecule has 2 saturated heterocycles. The van der Waals surface area contributed by atoms with Crippen LogP contribution in [0.3, 0.4) is 0 Å². The molecule has 4 aromatic heterocycles. The molecule has 2 fully saturated rings. The average Bonchev–Trinajstić information content (AvgIpc) is 2.90. The van der Waals surface area contributed by atoms with Gasteiger partial charge >= 0.3 is 30.1 Å². The first-order valence-electron chi connectivity index (χ1n) is 29.7. The number of Topliss-reactive ketones (excluding diaryl/α,β-unsaturated/α-hetero) is 1. The van der Waals surface area contributed by atoms with Gasteiger partial charge in [0.1, 0.15) is 52.6 Å². The number of carbonyl (C=O) groups is 6. The number of carboxylic acid groups (broad SMARTS) is 1. The highest BCUT2D eigenvalue weighted by molar-refractivity contribution is 5.85. The second-order valence-electron chi connectivity index (χ2n) is 23.2. The highest BCUT2D eigenvalue weighted by Crippen LogP contribution is 2.35. The summed E-state index contributed by atoms with van der Waals surface area (Å²) in [4.78, 5) is 106. The van der Waals surface area contributed by atoms with Crippen LogP contribution >= 0.6 is 0 Å². The Balaban J connectivity index is 0.000000243. The first kappa shape index (κ1) is 63.9. The third-order valence-electron chi connectivity index (χ3n) is 15.6. The van der Waals surface area contributed by atoms with Gasteiger partial charge in [-0.15, -0.1) is 0 Å². The number of nitrogens with zero attached hydrogens (tertiary/aromatic N) is 8. The molecule has 0 saturated carbocycles. The van der Waals surface area contributed by atoms with Crippen LogP contribution < -0.4 is 31.1 Å². The molecule has 8 rings (SSSR count). The van der Waals surface area contributed by atoms with Gasteiger partial charge in [-0.3, -0.25) is 14.8 Å². The third kappa shape index (κ3) is 17.7. The predicted octanol–water partition coefficient (Wildman–Crippen LogP) is 7.87. The zero-order valence-corrected chi connectivity index (χ0v) is 50.8. The van der Waals surface area contributed by atoms with Gasteiger partial charge in [-0.1, -0.05) is 12.1 Å². The minimum absolute atomic E-state index is 0.0272. The maximum Gasteiger partial charge on any atom is 0.408 e. The summed E-state index contributed by atoms with van der Waals surface area (Å²) in [5.41, 5.74) is 8.61. The van der Waals surface area contributed by atoms with E-state index >= 15 is 0 Å². The molecule has 6 heterocycles. The second-order valence-corrected chi connectivity index (χ2v) is 23.2. The van der Waals surface area contributed by atoms with Crippen LogP contribution in [0.4, 0.5) is 32.9 Å². The van der Waals surface area contributed by atoms with Crippen molar-refractivity contribution in [3.8, 4) is 0 Å². The molecule has 5 N–H and O–H groups in total. The third-order valence-corrected chi connectivity index (χ3v) is 15.6. The number of hydrogen-bond acceptors (Lipinski definition) is 20. The Labute approximate surface area is 493 Å². The summed E-state index contributed by atoms with van der Waals surface area (Å²) in [6.07, 6.45) is 9.26. The molecule has 2 amide bonds. The number of piperidine rings is 2. The van der Waals surface area contributed by atoms with Gasteiger partial charge in [-0.25, -0.2) is 43.9 Å². The van der Waals surface area contributed by atoms with E-state index in [1.807, 2.05) is 20.8 Å². The first-order chi connectivity index (χ1) is 40.0. The van der Waals surface area contributed by atoms with Gasteiger partial charge in [-0.05, 0) is 176 Å². The molecule has 4 aliphatic rings. The summed E-state index contributed by atoms with van der Waals surface area (Å²) in [5.74, 6) is 1.79. The van der Waals surface area contributed by atoms with E-state index in [-0.39, 0.29) is 25.5 Å². The lowest BCUT2D eigenvalue weighted by atomic mass is 9.90. The normalized spacial score (nSPS) is 16.8. The second kappa shape index (κ2) is 29.2. The summed E-state index contributed by atoms with van der Waals surface area (Å²) in [6.45, 7) is 21.8. The number of ketones is 1. The molecule has 0 aromatic carbocycles. The minimum Gasteiger partial charge on any atom is -0.480 e. The molecule has 2 aliphatic carbocycles. The molecule has 23 nitrogen and oxygen atoms in total. The molecule has 2 unspecified atom stereocenters. The zero-order valence-electron chi connectivity index (χ0n) is 50.8. The Morgan fingerprint density at radius 1 is 0.607 bits per heavy atom. The van der Waals surface area contributed by atoms with Crippen LogP contribution in [0.25, 0.3) is 0 Å². The van der Waals surface area contributed by atoms with Gasteiger partial charge in [0, 0.05) is 85.0 Å². The van der Waals surface area contributed by atoms with Gasteiger partial charge in [0.05, 0.1) is 6.61 Å². The topological polar surface area (TPSA) is 292 Å². The van der Waals surface area contributed by atoms with Crippen molar-refractivity contribution in [1.29, 1.82) is 0 Å². The van der Waals surface area contributed by atoms with E-state index in [4.69, 9.17) is 38.9 Å². The number of anilines is 4. The number of amides is 2. The summed E-state index contributed by atoms with van der Waals surface area (Å²) >= 11 is 0. The highest BCUT2D eigenvalue weighted by atomic mass is 16.6. The smallest absolute Gasteiger partial charge is 0.408 e. The van der Waals surface area contributed by atoms with Gasteiger partial charge < -0.3 is 55.1 Å². The number of fused-ring (bicyclic) bond motifs is 2. The standard InChI is InChI=1S/C33H48N6O6.C28H38N6O5/c1-8-43-30(40)21(3)44-32(42)38-27(31(41)45-33(5,6)7)19-34-28-20(2)29(36-22(4)35-28)39-17-15-24(16-18-39)26-14-13-23-11-9-10-12-25(23)37-26;1-16-25(29-15-24(27(36)37)33-28(38)39-18(3)17(2)35)30-19(4)31-26(16)34-13-11-21(12-14-34)23-10-9-20-7-5-6-8-22(20)32-23/h13-14,21,24,27H,8-12,15-19H2,1-7H3,(H,38,42)(H,34,35,36);9-10,18,21,24H,5-8,11-15H2,1-4H3,(H,33,38)(H,36,37)(H,29,30,31)/t21?,27-;18?,24-/m00/s1. The SMILES string of the molecule is CC(=O)C(C)OC(=O)N[C@@H](CNc1nc(C)nc(N2CCC(c3ccc4c(n3)CCCC4)CC2)c1C)C(=O)O.CCOC(=O)C(C)OC(=O)N[C@@H](CNc1nc(C)nc(N2CCC(c3ccc4c(n3)CCCC4)CC2)c1C)C(=O)OC(C)(C)C. The van der Waals surface area contributed by atoms with Crippen molar-refractivity contribution in [1.82, 2.24) is 40.5 Å². The van der Waals surface area contributed by atoms with Crippen molar-refractivity contribution in [2.45, 2.75) is 195 Å². The Kier molecular flexibility index (Phi) is 22.2. The fourth-order valence-corrected chi connectivity index (χ4v) is 10.8. The number of alkyl carbamates (subject to hydrolysis) is 2. The summed E-state index contributed by atoms with van der Waals surface area (Å²) in [5, 5.41) is 20.7. The number of aryl methyl sites for hydroxylation is 6. The number of ether oxygens (including phenoxy) is 4. The van der Waals surface area contributed by atoms with E-state index in [2.05, 4.69) is 65.3 Å². The number of carbonyl (C=O) groups excluding carboxylic acids is 5. The molecule has 23 heteroatoms. The molecule has 2 aliphatic heterocycles. The summed E-state index contributed by atoms with van der Waals surface area (Å²) < 4.78 is 20.5. The van der Waals surface area contributed by atoms with Gasteiger partial charge in [0.15, 0.2) is 18.0 Å². The van der Waals surface area contributed by atoms with Crippen LogP contribution in [0, 0.1) is 27.7 Å². The van der Waals surface area contributed by atoms with Gasteiger partial charge in [0.2, 0.25) is 0 Å². The number of esters is 2. The predicted molar refractivity (Wildman–Crippen MR) is 317 cm³/mol. The van der Waals surface area contributed by atoms with E-state index < -0.39 is 60.0 Å². The van der Waals surface area contributed by atoms with Crippen molar-refractivity contribution in [3.63, 3.8) is 0 Å². The monoisotopic (exact) mass is 1160 g/mol. The number of hydrogen-bond donors (Lipinski definition) is 5. The number of rotatable bonds is 19. The van der Waals surface area contributed by atoms with E-state index in [1.54, 1.807) is 34.6 Å². The van der Waals surface area contributed by atoms with Crippen molar-refractivity contribution in [3.05, 3.63) is 80.9 Å². The van der Waals surface area contributed by atoms with E-state index in [0.717, 1.165) is 100 Å². The van der Waals surface area contributed by atoms with Gasteiger partial charge in [0.25, 0.3) is 0 Å². The molecule has 84 heavy (non-hydrogen) atoms. The largest absolute Gasteiger partial charge is 0.480 e. The average molecular weight is 1160 g/mol. The number of pyridine rings is 2. The van der Waals surface area contributed by atoms with Crippen molar-refractivity contribution in [2.75, 3.05) is 66.3 Å². The number of aromatic nitrogens is 6. The summed E-state index contributed by atoms with van der Waals surface area (Å²) in [7, 11) is 0. The Morgan fingerprint density at radius 3 is 1.46 bits per heavy atom. The van der Waals surface area contributed by atoms with Crippen molar-refractivity contribution < 1.29 is 52.8 Å². The van der Waals surface area contributed by atoms with Crippen LogP contribution in [0.2, 0.25) is 0 Å². The maximum absolute atomic E-state index is 13.1. The lowest BCUT2D eigenvalue weighted by Gasteiger charge is -2.34. The fraction of sp³-hybridized carbons (Fsp3) is 0.607. The molecule has 0 spiro atoms. The van der Waals surface area contributed by atoms with Crippen molar-refractivity contribution >= 4 is 59.1 Å². The van der Waals surface area contributed by atoms with Crippen LogP contribution in [0.1, 0.15) is 168 Å². The maximum atomic E-state index is 13.1. The molecule has 456 valence electrons. The minimum atomic E-state index is -1.28.